The van der Waals surface area contributed by atoms with Crippen molar-refractivity contribution in [1.29, 1.82) is 0 Å². The molecule has 1 fully saturated rings. The Labute approximate surface area is 190 Å². The van der Waals surface area contributed by atoms with Crippen molar-refractivity contribution < 1.29 is 23.6 Å². The molecule has 1 N–H and O–H groups in total. The lowest BCUT2D eigenvalue weighted by atomic mass is 10.0. The number of rotatable bonds is 6. The molecule has 0 radical (unpaired) electrons. The summed E-state index contributed by atoms with van der Waals surface area (Å²) in [5.41, 5.74) is 3.52. The van der Waals surface area contributed by atoms with Gasteiger partial charge >= 0.3 is 6.03 Å². The average Bonchev–Trinajstić information content (AvgIpc) is 3.35. The topological polar surface area (TPSA) is 99.9 Å². The minimum absolute atomic E-state index is 0.0598. The predicted molar refractivity (Wildman–Crippen MR) is 123 cm³/mol. The van der Waals surface area contributed by atoms with Gasteiger partial charge in [-0.15, -0.1) is 0 Å². The fourth-order valence-corrected chi connectivity index (χ4v) is 3.58. The summed E-state index contributed by atoms with van der Waals surface area (Å²) in [6.07, 6.45) is 2.24. The number of nitrogens with one attached hydrogen (secondary N) is 1. The van der Waals surface area contributed by atoms with Gasteiger partial charge in [0.1, 0.15) is 17.7 Å². The summed E-state index contributed by atoms with van der Waals surface area (Å²) in [4.78, 5) is 49.9. The highest BCUT2D eigenvalue weighted by molar-refractivity contribution is 6.13. The van der Waals surface area contributed by atoms with Crippen molar-refractivity contribution in [2.24, 2.45) is 0 Å². The fraction of sp³-hybridized carbons (Fsp3) is 0.120. The molecule has 1 aromatic heterocycles. The summed E-state index contributed by atoms with van der Waals surface area (Å²) >= 11 is 0. The lowest BCUT2D eigenvalue weighted by Gasteiger charge is -2.23. The first kappa shape index (κ1) is 21.8. The smallest absolute Gasteiger partial charge is 0.328 e. The molecule has 3 aromatic rings. The average molecular weight is 443 g/mol. The number of aldehydes is 1. The zero-order valence-electron chi connectivity index (χ0n) is 18.3. The molecule has 4 rings (SSSR count). The Balaban J connectivity index is 1.80. The van der Waals surface area contributed by atoms with Crippen LogP contribution in [-0.4, -0.2) is 36.0 Å². The molecule has 2 heterocycles. The second kappa shape index (κ2) is 8.58. The van der Waals surface area contributed by atoms with Crippen LogP contribution < -0.4 is 10.2 Å². The van der Waals surface area contributed by atoms with Crippen molar-refractivity contribution in [3.63, 3.8) is 0 Å². The normalized spacial score (nSPS) is 14.5. The summed E-state index contributed by atoms with van der Waals surface area (Å²) in [6, 6.07) is 15.3. The van der Waals surface area contributed by atoms with E-state index in [9.17, 15) is 19.2 Å². The number of benzene rings is 2. The van der Waals surface area contributed by atoms with Crippen LogP contribution in [0.2, 0.25) is 0 Å². The van der Waals surface area contributed by atoms with Crippen LogP contribution in [0.15, 0.2) is 64.7 Å². The van der Waals surface area contributed by atoms with Gasteiger partial charge in [-0.05, 0) is 61.9 Å². The summed E-state index contributed by atoms with van der Waals surface area (Å²) < 4.78 is 6.01. The van der Waals surface area contributed by atoms with Crippen molar-refractivity contribution in [1.82, 2.24) is 10.2 Å². The molecule has 1 aliphatic heterocycles. The molecule has 1 aliphatic rings. The van der Waals surface area contributed by atoms with Crippen molar-refractivity contribution in [2.75, 3.05) is 11.9 Å². The Bertz CT molecular complexity index is 1300. The molecular formula is C25H21N3O5. The molecule has 0 bridgehead atoms. The first-order chi connectivity index (χ1) is 15.8. The first-order valence-electron chi connectivity index (χ1n) is 10.2. The van der Waals surface area contributed by atoms with E-state index in [0.29, 0.717) is 34.1 Å². The Kier molecular flexibility index (Phi) is 5.66. The van der Waals surface area contributed by atoms with Gasteiger partial charge in [-0.25, -0.2) is 4.79 Å². The molecule has 0 aliphatic carbocycles. The van der Waals surface area contributed by atoms with Crippen LogP contribution in [0.25, 0.3) is 6.08 Å². The van der Waals surface area contributed by atoms with E-state index >= 15 is 0 Å². The van der Waals surface area contributed by atoms with Crippen LogP contribution in [0.4, 0.5) is 22.1 Å². The third kappa shape index (κ3) is 4.18. The lowest BCUT2D eigenvalue weighted by Crippen LogP contribution is -2.24. The van der Waals surface area contributed by atoms with Gasteiger partial charge in [0.05, 0.1) is 0 Å². The fourth-order valence-electron chi connectivity index (χ4n) is 3.58. The number of imide groups is 1. The number of ketones is 1. The largest absolute Gasteiger partial charge is 0.440 e. The van der Waals surface area contributed by atoms with E-state index in [4.69, 9.17) is 4.42 Å². The second-order valence-corrected chi connectivity index (χ2v) is 7.62. The molecule has 0 atom stereocenters. The van der Waals surface area contributed by atoms with Gasteiger partial charge in [0.25, 0.3) is 5.91 Å². The van der Waals surface area contributed by atoms with Crippen LogP contribution in [0.5, 0.6) is 0 Å². The van der Waals surface area contributed by atoms with Gasteiger partial charge in [-0.3, -0.25) is 29.5 Å². The van der Waals surface area contributed by atoms with Crippen molar-refractivity contribution in [2.45, 2.75) is 13.8 Å². The molecule has 33 heavy (non-hydrogen) atoms. The number of hydrogen-bond acceptors (Lipinski definition) is 6. The Morgan fingerprint density at radius 2 is 1.73 bits per heavy atom. The van der Waals surface area contributed by atoms with Crippen LogP contribution >= 0.6 is 0 Å². The third-order valence-corrected chi connectivity index (χ3v) is 5.38. The van der Waals surface area contributed by atoms with Crippen LogP contribution in [0, 0.1) is 6.92 Å². The van der Waals surface area contributed by atoms with E-state index in [-0.39, 0.29) is 11.5 Å². The molecule has 0 saturated carbocycles. The third-order valence-electron chi connectivity index (χ3n) is 5.38. The number of carbonyl (C=O) groups excluding carboxylic acids is 4. The Morgan fingerprint density at radius 3 is 2.33 bits per heavy atom. The highest BCUT2D eigenvalue weighted by Crippen LogP contribution is 2.37. The highest BCUT2D eigenvalue weighted by atomic mass is 16.4. The van der Waals surface area contributed by atoms with Crippen molar-refractivity contribution in [3.8, 4) is 0 Å². The van der Waals surface area contributed by atoms with E-state index in [2.05, 4.69) is 5.32 Å². The van der Waals surface area contributed by atoms with E-state index in [1.807, 2.05) is 19.1 Å². The number of amides is 3. The SMILES string of the molecule is CC(=O)c1cc(N(c2ccc(C=O)cc2)c2ccc(/C=C3/C(=O)NC(=O)N3C)o2)ccc1C. The number of Topliss-reactive ketones (excluding diaryl/α,β-unsaturated/α-hetero) is 1. The Morgan fingerprint density at radius 1 is 1.03 bits per heavy atom. The van der Waals surface area contributed by atoms with Gasteiger partial charge in [0, 0.05) is 41.7 Å². The molecule has 166 valence electrons. The number of aryl methyl sites for hydroxylation is 1. The highest BCUT2D eigenvalue weighted by Gasteiger charge is 2.30. The van der Waals surface area contributed by atoms with E-state index in [1.54, 1.807) is 47.4 Å². The van der Waals surface area contributed by atoms with Gasteiger partial charge in [-0.1, -0.05) is 6.07 Å². The maximum Gasteiger partial charge on any atom is 0.328 e. The number of likely N-dealkylation sites (N-methyl/N-ethyl adjacent to an activating group) is 1. The molecule has 1 saturated heterocycles. The van der Waals surface area contributed by atoms with E-state index in [0.717, 1.165) is 11.8 Å². The second-order valence-electron chi connectivity index (χ2n) is 7.62. The van der Waals surface area contributed by atoms with Crippen LogP contribution in [-0.2, 0) is 4.79 Å². The van der Waals surface area contributed by atoms with Crippen molar-refractivity contribution >= 4 is 47.3 Å². The minimum atomic E-state index is -0.508. The summed E-state index contributed by atoms with van der Waals surface area (Å²) in [5.74, 6) is 0.221. The number of hydrogen-bond donors (Lipinski definition) is 1. The summed E-state index contributed by atoms with van der Waals surface area (Å²) in [5, 5.41) is 2.22. The summed E-state index contributed by atoms with van der Waals surface area (Å²) in [6.45, 7) is 3.38. The van der Waals surface area contributed by atoms with Crippen molar-refractivity contribution in [3.05, 3.63) is 82.7 Å². The number of carbonyl (C=O) groups is 4. The maximum atomic E-state index is 12.1. The van der Waals surface area contributed by atoms with Gasteiger partial charge in [0.15, 0.2) is 5.78 Å². The van der Waals surface area contributed by atoms with Crippen LogP contribution in [0.3, 0.4) is 0 Å². The molecule has 8 heteroatoms. The van der Waals surface area contributed by atoms with E-state index in [1.165, 1.54) is 24.9 Å². The molecule has 0 unspecified atom stereocenters. The minimum Gasteiger partial charge on any atom is -0.440 e. The van der Waals surface area contributed by atoms with E-state index < -0.39 is 11.9 Å². The first-order valence-corrected chi connectivity index (χ1v) is 10.2. The predicted octanol–water partition coefficient (Wildman–Crippen LogP) is 4.60. The van der Waals surface area contributed by atoms with Crippen LogP contribution in [0.1, 0.15) is 39.0 Å². The number of urea groups is 1. The number of anilines is 3. The molecule has 2 aromatic carbocycles. The quantitative estimate of drug-likeness (QED) is 0.259. The zero-order chi connectivity index (χ0) is 23.7. The summed E-state index contributed by atoms with van der Waals surface area (Å²) in [7, 11) is 1.49. The standard InChI is InChI=1S/C25H21N3O5/c1-15-4-7-19(12-21(15)16(2)30)28(18-8-5-17(14-29)6-9-18)23-11-10-20(33-23)13-22-24(31)26-25(32)27(22)3/h4-14H,1-3H3,(H,26,31,32)/b22-13-. The van der Waals surface area contributed by atoms with Gasteiger partial charge in [-0.2, -0.15) is 0 Å². The van der Waals surface area contributed by atoms with Gasteiger partial charge < -0.3 is 4.42 Å². The monoisotopic (exact) mass is 443 g/mol. The molecular weight excluding hydrogens is 422 g/mol. The van der Waals surface area contributed by atoms with Gasteiger partial charge in [0.2, 0.25) is 5.88 Å². The molecule has 3 amide bonds. The number of nitrogens with zero attached hydrogens (tertiary/aromatic N) is 2. The maximum absolute atomic E-state index is 12.1. The molecule has 0 spiro atoms. The Hall–Kier alpha value is -4.46. The number of furan rings is 1. The lowest BCUT2D eigenvalue weighted by molar-refractivity contribution is -0.115. The molecule has 8 nitrogen and oxygen atoms in total. The zero-order valence-corrected chi connectivity index (χ0v) is 18.3.